The van der Waals surface area contributed by atoms with Crippen molar-refractivity contribution in [1.29, 1.82) is 0 Å². The van der Waals surface area contributed by atoms with Crippen molar-refractivity contribution in [3.05, 3.63) is 0 Å². The van der Waals surface area contributed by atoms with Crippen molar-refractivity contribution < 1.29 is 39.3 Å². The van der Waals surface area contributed by atoms with Crippen molar-refractivity contribution in [2.45, 2.75) is 50.2 Å². The molecule has 14 heteroatoms. The zero-order chi connectivity index (χ0) is 22.6. The lowest BCUT2D eigenvalue weighted by Crippen LogP contribution is -2.54. The molecule has 3 atom stereocenters. The Morgan fingerprint density at radius 3 is 1.93 bits per heavy atom. The highest BCUT2D eigenvalue weighted by Crippen LogP contribution is 2.03. The van der Waals surface area contributed by atoms with E-state index < -0.39 is 60.7 Å². The number of aliphatic imine (C=N–C) groups is 1. The Hall–Kier alpha value is -3.42. The molecule has 2 amide bonds. The molecule has 0 aromatic carbocycles. The number of rotatable bonds is 14. The molecule has 0 aromatic rings. The van der Waals surface area contributed by atoms with Crippen LogP contribution < -0.4 is 27.8 Å². The summed E-state index contributed by atoms with van der Waals surface area (Å²) in [5.41, 5.74) is 16.0. The number of hydrogen-bond donors (Lipinski definition) is 8. The van der Waals surface area contributed by atoms with Crippen molar-refractivity contribution in [3.63, 3.8) is 0 Å². The maximum absolute atomic E-state index is 12.3. The molecule has 0 saturated carbocycles. The largest absolute Gasteiger partial charge is 0.481 e. The minimum Gasteiger partial charge on any atom is -0.481 e. The second kappa shape index (κ2) is 12.9. The first-order valence-corrected chi connectivity index (χ1v) is 8.52. The first-order valence-electron chi connectivity index (χ1n) is 8.52. The van der Waals surface area contributed by atoms with E-state index in [1.165, 1.54) is 0 Å². The summed E-state index contributed by atoms with van der Waals surface area (Å²) in [5.74, 6) is -6.25. The number of carbonyl (C=O) groups is 5. The van der Waals surface area contributed by atoms with E-state index in [1.54, 1.807) is 0 Å². The molecule has 0 aliphatic carbocycles. The first kappa shape index (κ1) is 25.6. The van der Waals surface area contributed by atoms with Gasteiger partial charge in [0.05, 0.1) is 12.5 Å². The van der Waals surface area contributed by atoms with E-state index >= 15 is 0 Å². The van der Waals surface area contributed by atoms with Crippen LogP contribution in [0.5, 0.6) is 0 Å². The number of nitrogens with one attached hydrogen (secondary N) is 2. The molecule has 3 unspecified atom stereocenters. The van der Waals surface area contributed by atoms with Crippen LogP contribution in [0.25, 0.3) is 0 Å². The van der Waals surface area contributed by atoms with E-state index in [4.69, 9.17) is 32.5 Å². The van der Waals surface area contributed by atoms with Gasteiger partial charge < -0.3 is 43.2 Å². The first-order chi connectivity index (χ1) is 13.4. The van der Waals surface area contributed by atoms with Crippen LogP contribution in [0.3, 0.4) is 0 Å². The highest BCUT2D eigenvalue weighted by Gasteiger charge is 2.29. The van der Waals surface area contributed by atoms with E-state index in [-0.39, 0.29) is 25.3 Å². The van der Waals surface area contributed by atoms with Crippen molar-refractivity contribution in [2.75, 3.05) is 6.54 Å². The molecule has 0 aromatic heterocycles. The zero-order valence-corrected chi connectivity index (χ0v) is 15.5. The minimum atomic E-state index is -1.75. The number of amides is 2. The van der Waals surface area contributed by atoms with Crippen molar-refractivity contribution in [3.8, 4) is 0 Å². The van der Waals surface area contributed by atoms with E-state index in [9.17, 15) is 24.0 Å². The van der Waals surface area contributed by atoms with Gasteiger partial charge in [0.2, 0.25) is 11.8 Å². The highest BCUT2D eigenvalue weighted by atomic mass is 16.4. The molecule has 0 fully saturated rings. The fourth-order valence-corrected chi connectivity index (χ4v) is 2.11. The smallest absolute Gasteiger partial charge is 0.326 e. The predicted molar refractivity (Wildman–Crippen MR) is 98.5 cm³/mol. The molecule has 0 heterocycles. The zero-order valence-electron chi connectivity index (χ0n) is 15.5. The van der Waals surface area contributed by atoms with Gasteiger partial charge in [0.1, 0.15) is 12.1 Å². The number of guanidine groups is 1. The molecule has 0 aliphatic heterocycles. The topological polar surface area (TPSA) is 261 Å². The van der Waals surface area contributed by atoms with Gasteiger partial charge in [0, 0.05) is 13.0 Å². The van der Waals surface area contributed by atoms with Gasteiger partial charge in [-0.25, -0.2) is 4.79 Å². The van der Waals surface area contributed by atoms with Gasteiger partial charge in [-0.3, -0.25) is 24.2 Å². The minimum absolute atomic E-state index is 0.122. The predicted octanol–water partition coefficient (Wildman–Crippen LogP) is -3.24. The van der Waals surface area contributed by atoms with Crippen LogP contribution >= 0.6 is 0 Å². The van der Waals surface area contributed by atoms with Gasteiger partial charge in [-0.2, -0.15) is 0 Å². The van der Waals surface area contributed by atoms with Crippen LogP contribution in [-0.4, -0.2) is 75.7 Å². The number of aliphatic carboxylic acids is 3. The number of carboxylic acids is 3. The van der Waals surface area contributed by atoms with E-state index in [0.717, 1.165) is 0 Å². The Labute approximate surface area is 165 Å². The molecular weight excluding hydrogens is 392 g/mol. The number of hydrogen-bond acceptors (Lipinski definition) is 7. The molecule has 0 radical (unpaired) electrons. The lowest BCUT2D eigenvalue weighted by Gasteiger charge is -2.22. The van der Waals surface area contributed by atoms with Crippen LogP contribution in [0.1, 0.15) is 32.1 Å². The third-order valence-electron chi connectivity index (χ3n) is 3.58. The van der Waals surface area contributed by atoms with Crippen molar-refractivity contribution >= 4 is 35.7 Å². The van der Waals surface area contributed by atoms with Crippen molar-refractivity contribution in [2.24, 2.45) is 22.2 Å². The van der Waals surface area contributed by atoms with Crippen LogP contribution in [0.15, 0.2) is 4.99 Å². The second-order valence-electron chi connectivity index (χ2n) is 6.05. The molecule has 0 aliphatic rings. The molecule has 29 heavy (non-hydrogen) atoms. The Kier molecular flexibility index (Phi) is 11.4. The highest BCUT2D eigenvalue weighted by molar-refractivity contribution is 5.93. The van der Waals surface area contributed by atoms with Crippen molar-refractivity contribution in [1.82, 2.24) is 10.6 Å². The summed E-state index contributed by atoms with van der Waals surface area (Å²) in [6, 6.07) is -4.23. The summed E-state index contributed by atoms with van der Waals surface area (Å²) in [6.07, 6.45) is -1.24. The van der Waals surface area contributed by atoms with E-state index in [2.05, 4.69) is 10.3 Å². The summed E-state index contributed by atoms with van der Waals surface area (Å²) in [4.78, 5) is 60.7. The normalized spacial score (nSPS) is 13.4. The van der Waals surface area contributed by atoms with Crippen LogP contribution in [0, 0.1) is 0 Å². The molecule has 11 N–H and O–H groups in total. The SMILES string of the molecule is NC(N)=NCCCC(N)C(=O)NC(CCC(=O)O)C(=O)NC(CC(=O)O)C(=O)O. The fraction of sp³-hybridized carbons (Fsp3) is 0.600. The maximum atomic E-state index is 12.3. The number of nitrogens with zero attached hydrogens (tertiary/aromatic N) is 1. The monoisotopic (exact) mass is 418 g/mol. The van der Waals surface area contributed by atoms with Gasteiger partial charge in [-0.05, 0) is 19.3 Å². The van der Waals surface area contributed by atoms with Crippen LogP contribution in [-0.2, 0) is 24.0 Å². The standard InChI is InChI=1S/C15H26N6O8/c16-7(2-1-5-19-15(17)18)12(26)20-8(3-4-10(22)23)13(27)21-9(14(28)29)6-11(24)25/h7-9H,1-6,16H2,(H,20,26)(H,21,27)(H,22,23)(H,24,25)(H,28,29)(H4,17,18,19). The summed E-state index contributed by atoms with van der Waals surface area (Å²) in [5, 5.41) is 30.7. The molecule has 14 nitrogen and oxygen atoms in total. The Balaban J connectivity index is 5.01. The molecular formula is C15H26N6O8. The molecule has 164 valence electrons. The van der Waals surface area contributed by atoms with Gasteiger partial charge in [-0.15, -0.1) is 0 Å². The average Bonchev–Trinajstić information content (AvgIpc) is 2.60. The Morgan fingerprint density at radius 1 is 0.862 bits per heavy atom. The summed E-state index contributed by atoms with van der Waals surface area (Å²) >= 11 is 0. The van der Waals surface area contributed by atoms with Gasteiger partial charge >= 0.3 is 17.9 Å². The average molecular weight is 418 g/mol. The maximum Gasteiger partial charge on any atom is 0.326 e. The van der Waals surface area contributed by atoms with Crippen LogP contribution in [0.4, 0.5) is 0 Å². The lowest BCUT2D eigenvalue weighted by atomic mass is 10.1. The van der Waals surface area contributed by atoms with Gasteiger partial charge in [0.15, 0.2) is 5.96 Å². The molecule has 0 spiro atoms. The fourth-order valence-electron chi connectivity index (χ4n) is 2.11. The molecule has 0 saturated heterocycles. The number of carbonyl (C=O) groups excluding carboxylic acids is 2. The van der Waals surface area contributed by atoms with Gasteiger partial charge in [0.25, 0.3) is 0 Å². The second-order valence-corrected chi connectivity index (χ2v) is 6.05. The van der Waals surface area contributed by atoms with Gasteiger partial charge in [-0.1, -0.05) is 0 Å². The number of carboxylic acid groups (broad SMARTS) is 3. The lowest BCUT2D eigenvalue weighted by molar-refractivity contribution is -0.147. The Morgan fingerprint density at radius 2 is 1.45 bits per heavy atom. The summed E-state index contributed by atoms with van der Waals surface area (Å²) in [6.45, 7) is 0.224. The molecule has 0 bridgehead atoms. The molecule has 0 rings (SSSR count). The summed E-state index contributed by atoms with van der Waals surface area (Å²) in [7, 11) is 0. The number of nitrogens with two attached hydrogens (primary N) is 3. The Bertz CT molecular complexity index is 649. The van der Waals surface area contributed by atoms with Crippen LogP contribution in [0.2, 0.25) is 0 Å². The third-order valence-corrected chi connectivity index (χ3v) is 3.58. The summed E-state index contributed by atoms with van der Waals surface area (Å²) < 4.78 is 0. The third kappa shape index (κ3) is 11.8. The van der Waals surface area contributed by atoms with E-state index in [0.29, 0.717) is 6.42 Å². The van der Waals surface area contributed by atoms with E-state index in [1.807, 2.05) is 5.32 Å². The quantitative estimate of drug-likeness (QED) is 0.0789.